The van der Waals surface area contributed by atoms with Crippen molar-refractivity contribution in [3.63, 3.8) is 0 Å². The van der Waals surface area contributed by atoms with Gasteiger partial charge in [-0.05, 0) is 41.7 Å². The van der Waals surface area contributed by atoms with Gasteiger partial charge in [0.1, 0.15) is 6.10 Å². The second kappa shape index (κ2) is 7.26. The quantitative estimate of drug-likeness (QED) is 0.774. The zero-order chi connectivity index (χ0) is 18.9. The minimum atomic E-state index is -0.237. The van der Waals surface area contributed by atoms with Gasteiger partial charge >= 0.3 is 0 Å². The maximum Gasteiger partial charge on any atom is 0.161 e. The zero-order valence-corrected chi connectivity index (χ0v) is 15.9. The summed E-state index contributed by atoms with van der Waals surface area (Å²) in [4.78, 5) is 2.32. The molecule has 2 aliphatic heterocycles. The molecular formula is C23H25NO3. The number of fused-ring (bicyclic) bond motifs is 2. The molecule has 2 aliphatic rings. The van der Waals surface area contributed by atoms with Crippen LogP contribution in [0.1, 0.15) is 35.6 Å². The van der Waals surface area contributed by atoms with Gasteiger partial charge in [0.25, 0.3) is 0 Å². The van der Waals surface area contributed by atoms with Crippen molar-refractivity contribution in [2.45, 2.75) is 24.5 Å². The van der Waals surface area contributed by atoms with Gasteiger partial charge in [0, 0.05) is 13.1 Å². The molecule has 1 atom stereocenters. The van der Waals surface area contributed by atoms with Crippen molar-refractivity contribution in [3.8, 4) is 23.8 Å². The van der Waals surface area contributed by atoms with Crippen LogP contribution in [0.3, 0.4) is 0 Å². The average Bonchev–Trinajstić information content (AvgIpc) is 3.04. The SMILES string of the molecule is C#CCN1CCC2(CC1)OC(c1ccc(OC)c(OC)c1)c1ccccc12. The van der Waals surface area contributed by atoms with Crippen molar-refractivity contribution in [1.82, 2.24) is 4.90 Å². The Balaban J connectivity index is 1.68. The Morgan fingerprint density at radius 2 is 1.85 bits per heavy atom. The van der Waals surface area contributed by atoms with Gasteiger partial charge in [-0.25, -0.2) is 0 Å². The Kier molecular flexibility index (Phi) is 4.82. The number of nitrogens with zero attached hydrogens (tertiary/aromatic N) is 1. The van der Waals surface area contributed by atoms with Crippen molar-refractivity contribution >= 4 is 0 Å². The van der Waals surface area contributed by atoms with Crippen LogP contribution in [0, 0.1) is 12.3 Å². The first-order valence-electron chi connectivity index (χ1n) is 9.36. The Morgan fingerprint density at radius 3 is 2.56 bits per heavy atom. The molecule has 2 aromatic carbocycles. The highest BCUT2D eigenvalue weighted by atomic mass is 16.5. The van der Waals surface area contributed by atoms with Crippen LogP contribution in [0.15, 0.2) is 42.5 Å². The number of benzene rings is 2. The smallest absolute Gasteiger partial charge is 0.161 e. The third kappa shape index (κ3) is 3.07. The highest BCUT2D eigenvalue weighted by Crippen LogP contribution is 2.51. The molecule has 0 bridgehead atoms. The van der Waals surface area contributed by atoms with Crippen LogP contribution < -0.4 is 9.47 Å². The van der Waals surface area contributed by atoms with E-state index in [0.29, 0.717) is 6.54 Å². The highest BCUT2D eigenvalue weighted by Gasteiger charge is 2.46. The van der Waals surface area contributed by atoms with E-state index in [-0.39, 0.29) is 11.7 Å². The fraction of sp³-hybridized carbons (Fsp3) is 0.391. The number of terminal acetylenes is 1. The van der Waals surface area contributed by atoms with E-state index in [1.165, 1.54) is 11.1 Å². The number of methoxy groups -OCH3 is 2. The summed E-state index contributed by atoms with van der Waals surface area (Å²) >= 11 is 0. The predicted molar refractivity (Wildman–Crippen MR) is 105 cm³/mol. The Bertz CT molecular complexity index is 862. The molecule has 27 heavy (non-hydrogen) atoms. The molecule has 1 saturated heterocycles. The third-order valence-corrected chi connectivity index (χ3v) is 5.77. The lowest BCUT2D eigenvalue weighted by molar-refractivity contribution is -0.0954. The first kappa shape index (κ1) is 17.9. The van der Waals surface area contributed by atoms with E-state index in [4.69, 9.17) is 20.6 Å². The summed E-state index contributed by atoms with van der Waals surface area (Å²) in [5.41, 5.74) is 3.41. The molecule has 0 aliphatic carbocycles. The standard InChI is InChI=1S/C23H25NO3/c1-4-13-24-14-11-23(12-15-24)19-8-6-5-7-18(19)22(27-23)17-9-10-20(25-2)21(16-17)26-3/h1,5-10,16,22H,11-15H2,2-3H3. The fourth-order valence-electron chi connectivity index (χ4n) is 4.35. The predicted octanol–water partition coefficient (Wildman–Crippen LogP) is 3.75. The molecule has 2 heterocycles. The van der Waals surface area contributed by atoms with Crippen LogP contribution >= 0.6 is 0 Å². The minimum Gasteiger partial charge on any atom is -0.493 e. The Labute approximate surface area is 161 Å². The normalized spacial score (nSPS) is 20.9. The van der Waals surface area contributed by atoms with E-state index in [1.807, 2.05) is 12.1 Å². The average molecular weight is 363 g/mol. The summed E-state index contributed by atoms with van der Waals surface area (Å²) in [7, 11) is 3.31. The molecule has 0 amide bonds. The highest BCUT2D eigenvalue weighted by molar-refractivity contribution is 5.49. The van der Waals surface area contributed by atoms with Crippen LogP contribution in [-0.2, 0) is 10.3 Å². The number of hydrogen-bond donors (Lipinski definition) is 0. The molecule has 4 heteroatoms. The number of hydrogen-bond acceptors (Lipinski definition) is 4. The van der Waals surface area contributed by atoms with E-state index < -0.39 is 0 Å². The number of likely N-dealkylation sites (tertiary alicyclic amines) is 1. The molecule has 1 unspecified atom stereocenters. The van der Waals surface area contributed by atoms with Crippen LogP contribution in [0.25, 0.3) is 0 Å². The van der Waals surface area contributed by atoms with Gasteiger partial charge in [0.05, 0.1) is 26.4 Å². The van der Waals surface area contributed by atoms with Crippen molar-refractivity contribution in [1.29, 1.82) is 0 Å². The summed E-state index contributed by atoms with van der Waals surface area (Å²) in [6.07, 6.45) is 7.30. The van der Waals surface area contributed by atoms with Crippen molar-refractivity contribution in [2.75, 3.05) is 33.9 Å². The largest absolute Gasteiger partial charge is 0.493 e. The van der Waals surface area contributed by atoms with Crippen LogP contribution in [0.4, 0.5) is 0 Å². The van der Waals surface area contributed by atoms with Gasteiger partial charge in [0.15, 0.2) is 11.5 Å². The van der Waals surface area contributed by atoms with E-state index in [1.54, 1.807) is 14.2 Å². The van der Waals surface area contributed by atoms with Crippen molar-refractivity contribution < 1.29 is 14.2 Å². The molecule has 4 nitrogen and oxygen atoms in total. The summed E-state index contributed by atoms with van der Waals surface area (Å²) in [6.45, 7) is 2.62. The van der Waals surface area contributed by atoms with Gasteiger partial charge in [-0.3, -0.25) is 4.90 Å². The summed E-state index contributed by atoms with van der Waals surface area (Å²) in [5, 5.41) is 0. The lowest BCUT2D eigenvalue weighted by atomic mass is 9.83. The summed E-state index contributed by atoms with van der Waals surface area (Å²) < 4.78 is 17.6. The third-order valence-electron chi connectivity index (χ3n) is 5.77. The molecule has 1 spiro atoms. The Hall–Kier alpha value is -2.48. The number of piperidine rings is 1. The second-order valence-corrected chi connectivity index (χ2v) is 7.17. The van der Waals surface area contributed by atoms with E-state index in [2.05, 4.69) is 41.2 Å². The lowest BCUT2D eigenvalue weighted by Crippen LogP contribution is -2.42. The fourth-order valence-corrected chi connectivity index (χ4v) is 4.35. The van der Waals surface area contributed by atoms with Gasteiger partial charge < -0.3 is 14.2 Å². The molecule has 0 radical (unpaired) electrons. The number of rotatable bonds is 4. The maximum absolute atomic E-state index is 6.77. The molecule has 4 rings (SSSR count). The second-order valence-electron chi connectivity index (χ2n) is 7.17. The van der Waals surface area contributed by atoms with Crippen LogP contribution in [0.5, 0.6) is 11.5 Å². The van der Waals surface area contributed by atoms with Crippen molar-refractivity contribution in [2.24, 2.45) is 0 Å². The topological polar surface area (TPSA) is 30.9 Å². The molecule has 0 N–H and O–H groups in total. The van der Waals surface area contributed by atoms with Gasteiger partial charge in [0.2, 0.25) is 0 Å². The van der Waals surface area contributed by atoms with E-state index >= 15 is 0 Å². The molecule has 140 valence electrons. The summed E-state index contributed by atoms with van der Waals surface area (Å²) in [5.74, 6) is 4.20. The van der Waals surface area contributed by atoms with E-state index in [0.717, 1.165) is 43.0 Å². The van der Waals surface area contributed by atoms with Crippen LogP contribution in [0.2, 0.25) is 0 Å². The van der Waals surface area contributed by atoms with Crippen LogP contribution in [-0.4, -0.2) is 38.8 Å². The molecular weight excluding hydrogens is 338 g/mol. The molecule has 0 saturated carbocycles. The minimum absolute atomic E-state index is 0.0970. The Morgan fingerprint density at radius 1 is 1.11 bits per heavy atom. The van der Waals surface area contributed by atoms with Gasteiger partial charge in [-0.2, -0.15) is 0 Å². The molecule has 2 aromatic rings. The van der Waals surface area contributed by atoms with Gasteiger partial charge in [-0.1, -0.05) is 36.3 Å². The summed E-state index contributed by atoms with van der Waals surface area (Å²) in [6, 6.07) is 14.6. The maximum atomic E-state index is 6.77. The number of ether oxygens (including phenoxy) is 3. The zero-order valence-electron chi connectivity index (χ0n) is 15.9. The monoisotopic (exact) mass is 363 g/mol. The molecule has 0 aromatic heterocycles. The first-order chi connectivity index (χ1) is 13.2. The lowest BCUT2D eigenvalue weighted by Gasteiger charge is -2.39. The first-order valence-corrected chi connectivity index (χ1v) is 9.36. The molecule has 1 fully saturated rings. The van der Waals surface area contributed by atoms with Crippen molar-refractivity contribution in [3.05, 3.63) is 59.2 Å². The van der Waals surface area contributed by atoms with E-state index in [9.17, 15) is 0 Å². The van der Waals surface area contributed by atoms with Gasteiger partial charge in [-0.15, -0.1) is 6.42 Å².